The molecule has 1 saturated carbocycles. The van der Waals surface area contributed by atoms with Crippen LogP contribution in [0, 0.1) is 5.92 Å². The number of ether oxygens (including phenoxy) is 2. The second-order valence-corrected chi connectivity index (χ2v) is 7.60. The lowest BCUT2D eigenvalue weighted by molar-refractivity contribution is -0.121. The summed E-state index contributed by atoms with van der Waals surface area (Å²) >= 11 is 0. The highest BCUT2D eigenvalue weighted by atomic mass is 16.5. The minimum Gasteiger partial charge on any atom is -0.490 e. The molecule has 1 aliphatic rings. The molecular formula is C22H35N3O4. The fourth-order valence-corrected chi connectivity index (χ4v) is 3.37. The van der Waals surface area contributed by atoms with Crippen molar-refractivity contribution in [3.63, 3.8) is 0 Å². The highest BCUT2D eigenvalue weighted by Crippen LogP contribution is 2.31. The van der Waals surface area contributed by atoms with Gasteiger partial charge in [0, 0.05) is 17.8 Å². The SMILES string of the molecule is CCCOc1ccc(NC(=O)NCC(=O)N[C@@H]2CCCC[C@H]2C)cc1OCCC. The molecule has 3 amide bonds. The molecule has 0 spiro atoms. The first-order valence-corrected chi connectivity index (χ1v) is 10.8. The fraction of sp³-hybridized carbons (Fsp3) is 0.636. The second kappa shape index (κ2) is 12.2. The summed E-state index contributed by atoms with van der Waals surface area (Å²) in [6.07, 6.45) is 6.28. The van der Waals surface area contributed by atoms with Crippen LogP contribution in [-0.4, -0.2) is 37.7 Å². The van der Waals surface area contributed by atoms with Gasteiger partial charge in [-0.2, -0.15) is 0 Å². The third-order valence-corrected chi connectivity index (χ3v) is 4.99. The molecule has 1 fully saturated rings. The first-order chi connectivity index (χ1) is 14.0. The first kappa shape index (κ1) is 22.8. The van der Waals surface area contributed by atoms with E-state index in [1.165, 1.54) is 6.42 Å². The lowest BCUT2D eigenvalue weighted by Gasteiger charge is -2.29. The summed E-state index contributed by atoms with van der Waals surface area (Å²) in [4.78, 5) is 24.3. The summed E-state index contributed by atoms with van der Waals surface area (Å²) in [5.74, 6) is 1.58. The van der Waals surface area contributed by atoms with E-state index in [1.807, 2.05) is 13.8 Å². The number of benzene rings is 1. The van der Waals surface area contributed by atoms with Crippen LogP contribution < -0.4 is 25.4 Å². The van der Waals surface area contributed by atoms with Gasteiger partial charge in [0.25, 0.3) is 0 Å². The molecule has 0 aromatic heterocycles. The van der Waals surface area contributed by atoms with Gasteiger partial charge in [0.15, 0.2) is 11.5 Å². The van der Waals surface area contributed by atoms with Crippen molar-refractivity contribution in [1.29, 1.82) is 0 Å². The third-order valence-electron chi connectivity index (χ3n) is 4.99. The van der Waals surface area contributed by atoms with Gasteiger partial charge in [-0.05, 0) is 43.7 Å². The van der Waals surface area contributed by atoms with Gasteiger partial charge in [-0.3, -0.25) is 4.79 Å². The Labute approximate surface area is 173 Å². The molecular weight excluding hydrogens is 370 g/mol. The van der Waals surface area contributed by atoms with Crippen molar-refractivity contribution in [3.8, 4) is 11.5 Å². The molecule has 0 bridgehead atoms. The maximum atomic E-state index is 12.2. The third kappa shape index (κ3) is 7.83. The highest BCUT2D eigenvalue weighted by molar-refractivity contribution is 5.92. The van der Waals surface area contributed by atoms with Crippen LogP contribution in [0.3, 0.4) is 0 Å². The van der Waals surface area contributed by atoms with Crippen LogP contribution in [-0.2, 0) is 4.79 Å². The van der Waals surface area contributed by atoms with Crippen LogP contribution in [0.1, 0.15) is 59.3 Å². The van der Waals surface area contributed by atoms with Crippen molar-refractivity contribution in [2.45, 2.75) is 65.3 Å². The number of anilines is 1. The molecule has 1 aromatic carbocycles. The van der Waals surface area contributed by atoms with Crippen LogP contribution in [0.15, 0.2) is 18.2 Å². The number of nitrogens with one attached hydrogen (secondary N) is 3. The van der Waals surface area contributed by atoms with Gasteiger partial charge >= 0.3 is 6.03 Å². The van der Waals surface area contributed by atoms with Gasteiger partial charge in [0.1, 0.15) is 0 Å². The van der Waals surface area contributed by atoms with Gasteiger partial charge < -0.3 is 25.4 Å². The molecule has 7 heteroatoms. The monoisotopic (exact) mass is 405 g/mol. The van der Waals surface area contributed by atoms with E-state index in [4.69, 9.17) is 9.47 Å². The molecule has 1 aromatic rings. The van der Waals surface area contributed by atoms with Gasteiger partial charge in [0.05, 0.1) is 19.8 Å². The topological polar surface area (TPSA) is 88.7 Å². The maximum Gasteiger partial charge on any atom is 0.319 e. The van der Waals surface area contributed by atoms with E-state index in [1.54, 1.807) is 18.2 Å². The average Bonchev–Trinajstić information content (AvgIpc) is 2.71. The lowest BCUT2D eigenvalue weighted by Crippen LogP contribution is -2.46. The Bertz CT molecular complexity index is 665. The van der Waals surface area contributed by atoms with E-state index in [2.05, 4.69) is 22.9 Å². The lowest BCUT2D eigenvalue weighted by atomic mass is 9.86. The Morgan fingerprint density at radius 3 is 2.41 bits per heavy atom. The van der Waals surface area contributed by atoms with E-state index in [0.29, 0.717) is 36.3 Å². The largest absolute Gasteiger partial charge is 0.490 e. The van der Waals surface area contributed by atoms with Crippen LogP contribution in [0.25, 0.3) is 0 Å². The zero-order valence-electron chi connectivity index (χ0n) is 17.9. The van der Waals surface area contributed by atoms with Gasteiger partial charge in [-0.1, -0.05) is 33.6 Å². The number of hydrogen-bond acceptors (Lipinski definition) is 4. The van der Waals surface area contributed by atoms with Crippen molar-refractivity contribution in [3.05, 3.63) is 18.2 Å². The van der Waals surface area contributed by atoms with Crippen LogP contribution >= 0.6 is 0 Å². The van der Waals surface area contributed by atoms with E-state index in [0.717, 1.165) is 32.1 Å². The quantitative estimate of drug-likeness (QED) is 0.547. The molecule has 2 atom stereocenters. The fourth-order valence-electron chi connectivity index (χ4n) is 3.37. The van der Waals surface area contributed by atoms with E-state index in [-0.39, 0.29) is 18.5 Å². The number of carbonyl (C=O) groups is 2. The minimum absolute atomic E-state index is 0.0497. The molecule has 3 N–H and O–H groups in total. The molecule has 0 radical (unpaired) electrons. The van der Waals surface area contributed by atoms with Crippen molar-refractivity contribution >= 4 is 17.6 Å². The smallest absolute Gasteiger partial charge is 0.319 e. The van der Waals surface area contributed by atoms with Crippen molar-refractivity contribution in [1.82, 2.24) is 10.6 Å². The second-order valence-electron chi connectivity index (χ2n) is 7.60. The van der Waals surface area contributed by atoms with Crippen LogP contribution in [0.5, 0.6) is 11.5 Å². The minimum atomic E-state index is -0.430. The predicted molar refractivity (Wildman–Crippen MR) is 115 cm³/mol. The number of urea groups is 1. The molecule has 2 rings (SSSR count). The molecule has 0 saturated heterocycles. The number of amides is 3. The van der Waals surface area contributed by atoms with Crippen molar-refractivity contribution in [2.24, 2.45) is 5.92 Å². The Morgan fingerprint density at radius 1 is 1.03 bits per heavy atom. The summed E-state index contributed by atoms with van der Waals surface area (Å²) < 4.78 is 11.4. The normalized spacial score (nSPS) is 18.6. The standard InChI is InChI=1S/C22H35N3O4/c1-4-12-28-19-11-10-17(14-20(19)29-13-5-2)24-22(27)23-15-21(26)25-18-9-7-6-8-16(18)3/h10-11,14,16,18H,4-9,12-13,15H2,1-3H3,(H,25,26)(H2,23,24,27)/t16-,18-/m1/s1. The van der Waals surface area contributed by atoms with Gasteiger partial charge in [-0.15, -0.1) is 0 Å². The molecule has 1 aliphatic carbocycles. The van der Waals surface area contributed by atoms with Crippen LogP contribution in [0.4, 0.5) is 10.5 Å². The number of rotatable bonds is 10. The van der Waals surface area contributed by atoms with Crippen molar-refractivity contribution < 1.29 is 19.1 Å². The number of hydrogen-bond donors (Lipinski definition) is 3. The highest BCUT2D eigenvalue weighted by Gasteiger charge is 2.22. The zero-order valence-corrected chi connectivity index (χ0v) is 17.9. The molecule has 162 valence electrons. The molecule has 0 heterocycles. The molecule has 0 unspecified atom stereocenters. The predicted octanol–water partition coefficient (Wildman–Crippen LogP) is 4.08. The van der Waals surface area contributed by atoms with E-state index in [9.17, 15) is 9.59 Å². The molecule has 0 aliphatic heterocycles. The summed E-state index contributed by atoms with van der Waals surface area (Å²) in [5, 5.41) is 8.39. The molecule has 7 nitrogen and oxygen atoms in total. The Kier molecular flexibility index (Phi) is 9.60. The van der Waals surface area contributed by atoms with Gasteiger partial charge in [0.2, 0.25) is 5.91 Å². The van der Waals surface area contributed by atoms with Crippen LogP contribution in [0.2, 0.25) is 0 Å². The summed E-state index contributed by atoms with van der Waals surface area (Å²) in [5.41, 5.74) is 0.582. The summed E-state index contributed by atoms with van der Waals surface area (Å²) in [6, 6.07) is 5.06. The van der Waals surface area contributed by atoms with E-state index >= 15 is 0 Å². The molecule has 29 heavy (non-hydrogen) atoms. The van der Waals surface area contributed by atoms with Crippen molar-refractivity contribution in [2.75, 3.05) is 25.1 Å². The Balaban J connectivity index is 1.84. The summed E-state index contributed by atoms with van der Waals surface area (Å²) in [7, 11) is 0. The van der Waals surface area contributed by atoms with Gasteiger partial charge in [-0.25, -0.2) is 4.79 Å². The summed E-state index contributed by atoms with van der Waals surface area (Å²) in [6.45, 7) is 7.35. The average molecular weight is 406 g/mol. The first-order valence-electron chi connectivity index (χ1n) is 10.8. The Hall–Kier alpha value is -2.44. The van der Waals surface area contributed by atoms with E-state index < -0.39 is 6.03 Å². The maximum absolute atomic E-state index is 12.2. The zero-order chi connectivity index (χ0) is 21.1. The Morgan fingerprint density at radius 2 is 1.72 bits per heavy atom. The number of carbonyl (C=O) groups excluding carboxylic acids is 2.